The summed E-state index contributed by atoms with van der Waals surface area (Å²) in [5, 5.41) is 6.52. The summed E-state index contributed by atoms with van der Waals surface area (Å²) in [4.78, 5) is 13.7. The number of piperazine rings is 1. The van der Waals surface area contributed by atoms with E-state index < -0.39 is 0 Å². The summed E-state index contributed by atoms with van der Waals surface area (Å²) in [6.45, 7) is 8.20. The molecule has 112 valence electrons. The summed E-state index contributed by atoms with van der Waals surface area (Å²) in [5.41, 5.74) is 1.28. The van der Waals surface area contributed by atoms with Crippen LogP contribution in [-0.4, -0.2) is 47.6 Å². The average Bonchev–Trinajstić information content (AvgIpc) is 3.05. The highest BCUT2D eigenvalue weighted by molar-refractivity contribution is 7.13. The summed E-state index contributed by atoms with van der Waals surface area (Å²) in [5.74, 6) is 1.02. The summed E-state index contributed by atoms with van der Waals surface area (Å²) in [6.07, 6.45) is 3.73. The van der Waals surface area contributed by atoms with Crippen molar-refractivity contribution >= 4 is 22.3 Å². The number of thiazole rings is 1. The molecule has 6 heteroatoms. The minimum atomic E-state index is 0.905. The molecular formula is C15H21N5S. The van der Waals surface area contributed by atoms with E-state index in [1.54, 1.807) is 11.3 Å². The zero-order valence-corrected chi connectivity index (χ0v) is 13.1. The van der Waals surface area contributed by atoms with Gasteiger partial charge >= 0.3 is 0 Å². The minimum Gasteiger partial charge on any atom is -0.370 e. The Morgan fingerprint density at radius 1 is 1.19 bits per heavy atom. The standard InChI is InChI=1S/C15H21N5S/c1-2-16-14-13(4-3-5-17-14)12-19-7-9-20(10-8-19)15-18-6-11-21-15/h3-6,11H,2,7-10,12H2,1H3,(H,16,17). The molecule has 0 amide bonds. The Hall–Kier alpha value is -1.66. The monoisotopic (exact) mass is 303 g/mol. The van der Waals surface area contributed by atoms with Crippen LogP contribution in [0.4, 0.5) is 10.9 Å². The number of nitrogens with one attached hydrogen (secondary N) is 1. The highest BCUT2D eigenvalue weighted by Gasteiger charge is 2.19. The highest BCUT2D eigenvalue weighted by Crippen LogP contribution is 2.20. The van der Waals surface area contributed by atoms with Crippen molar-refractivity contribution in [2.45, 2.75) is 13.5 Å². The quantitative estimate of drug-likeness (QED) is 0.918. The van der Waals surface area contributed by atoms with E-state index in [9.17, 15) is 0 Å². The highest BCUT2D eigenvalue weighted by atomic mass is 32.1. The van der Waals surface area contributed by atoms with Crippen molar-refractivity contribution in [1.29, 1.82) is 0 Å². The summed E-state index contributed by atoms with van der Waals surface area (Å²) >= 11 is 1.72. The molecule has 0 spiro atoms. The molecule has 21 heavy (non-hydrogen) atoms. The molecule has 5 nitrogen and oxygen atoms in total. The van der Waals surface area contributed by atoms with Crippen LogP contribution in [0, 0.1) is 0 Å². The molecule has 1 fully saturated rings. The number of hydrogen-bond acceptors (Lipinski definition) is 6. The van der Waals surface area contributed by atoms with E-state index >= 15 is 0 Å². The predicted octanol–water partition coefficient (Wildman–Crippen LogP) is 2.29. The molecule has 0 atom stereocenters. The molecule has 1 aliphatic rings. The number of rotatable bonds is 5. The number of anilines is 2. The predicted molar refractivity (Wildman–Crippen MR) is 88.0 cm³/mol. The van der Waals surface area contributed by atoms with Gasteiger partial charge < -0.3 is 10.2 Å². The SMILES string of the molecule is CCNc1ncccc1CN1CCN(c2nccs2)CC1. The van der Waals surface area contributed by atoms with Crippen molar-refractivity contribution in [2.75, 3.05) is 42.9 Å². The topological polar surface area (TPSA) is 44.3 Å². The van der Waals surface area contributed by atoms with Crippen molar-refractivity contribution in [3.63, 3.8) is 0 Å². The van der Waals surface area contributed by atoms with Gasteiger partial charge in [-0.1, -0.05) is 6.07 Å². The first kappa shape index (κ1) is 14.3. The smallest absolute Gasteiger partial charge is 0.185 e. The Morgan fingerprint density at radius 2 is 2.05 bits per heavy atom. The van der Waals surface area contributed by atoms with E-state index in [1.165, 1.54) is 5.56 Å². The van der Waals surface area contributed by atoms with Crippen molar-refractivity contribution in [3.05, 3.63) is 35.5 Å². The van der Waals surface area contributed by atoms with Crippen LogP contribution in [-0.2, 0) is 6.54 Å². The fourth-order valence-electron chi connectivity index (χ4n) is 2.60. The lowest BCUT2D eigenvalue weighted by atomic mass is 10.2. The Balaban J connectivity index is 1.58. The molecule has 2 aromatic heterocycles. The van der Waals surface area contributed by atoms with Crippen molar-refractivity contribution in [3.8, 4) is 0 Å². The van der Waals surface area contributed by atoms with Gasteiger partial charge in [-0.05, 0) is 13.0 Å². The summed E-state index contributed by atoms with van der Waals surface area (Å²) in [6, 6.07) is 4.18. The van der Waals surface area contributed by atoms with Crippen LogP contribution < -0.4 is 10.2 Å². The zero-order valence-electron chi connectivity index (χ0n) is 12.3. The summed E-state index contributed by atoms with van der Waals surface area (Å²) < 4.78 is 0. The molecular weight excluding hydrogens is 282 g/mol. The van der Waals surface area contributed by atoms with Gasteiger partial charge in [-0.2, -0.15) is 0 Å². The van der Waals surface area contributed by atoms with E-state index in [-0.39, 0.29) is 0 Å². The first-order valence-electron chi connectivity index (χ1n) is 7.41. The fraction of sp³-hybridized carbons (Fsp3) is 0.467. The number of aromatic nitrogens is 2. The third-order valence-corrected chi connectivity index (χ3v) is 4.52. The minimum absolute atomic E-state index is 0.905. The normalized spacial score (nSPS) is 16.1. The third-order valence-electron chi connectivity index (χ3n) is 3.69. The second kappa shape index (κ2) is 6.87. The molecule has 0 radical (unpaired) electrons. The van der Waals surface area contributed by atoms with Gasteiger partial charge in [-0.15, -0.1) is 11.3 Å². The second-order valence-corrected chi connectivity index (χ2v) is 5.99. The summed E-state index contributed by atoms with van der Waals surface area (Å²) in [7, 11) is 0. The molecule has 3 heterocycles. The van der Waals surface area contributed by atoms with Gasteiger partial charge in [-0.25, -0.2) is 9.97 Å². The van der Waals surface area contributed by atoms with Gasteiger partial charge in [-0.3, -0.25) is 4.90 Å². The van der Waals surface area contributed by atoms with E-state index in [0.29, 0.717) is 0 Å². The fourth-order valence-corrected chi connectivity index (χ4v) is 3.30. The number of hydrogen-bond donors (Lipinski definition) is 1. The van der Waals surface area contributed by atoms with Gasteiger partial charge in [0, 0.05) is 62.6 Å². The lowest BCUT2D eigenvalue weighted by Crippen LogP contribution is -2.46. The number of pyridine rings is 1. The van der Waals surface area contributed by atoms with Crippen LogP contribution in [0.25, 0.3) is 0 Å². The van der Waals surface area contributed by atoms with Gasteiger partial charge in [0.05, 0.1) is 0 Å². The maximum absolute atomic E-state index is 4.43. The Bertz CT molecular complexity index is 549. The van der Waals surface area contributed by atoms with E-state index in [0.717, 1.165) is 50.2 Å². The molecule has 1 N–H and O–H groups in total. The van der Waals surface area contributed by atoms with Crippen LogP contribution in [0.15, 0.2) is 29.9 Å². The Morgan fingerprint density at radius 3 is 2.76 bits per heavy atom. The maximum Gasteiger partial charge on any atom is 0.185 e. The molecule has 0 aliphatic carbocycles. The second-order valence-electron chi connectivity index (χ2n) is 5.12. The van der Waals surface area contributed by atoms with Crippen molar-refractivity contribution < 1.29 is 0 Å². The Labute approximate surface area is 129 Å². The third kappa shape index (κ3) is 3.51. The van der Waals surface area contributed by atoms with Crippen LogP contribution in [0.5, 0.6) is 0 Å². The largest absolute Gasteiger partial charge is 0.370 e. The van der Waals surface area contributed by atoms with Gasteiger partial charge in [0.2, 0.25) is 0 Å². The lowest BCUT2D eigenvalue weighted by Gasteiger charge is -2.34. The van der Waals surface area contributed by atoms with Crippen LogP contribution in [0.2, 0.25) is 0 Å². The molecule has 2 aromatic rings. The maximum atomic E-state index is 4.43. The van der Waals surface area contributed by atoms with E-state index in [2.05, 4.69) is 38.1 Å². The van der Waals surface area contributed by atoms with Gasteiger partial charge in [0.1, 0.15) is 5.82 Å². The zero-order chi connectivity index (χ0) is 14.5. The molecule has 1 saturated heterocycles. The Kier molecular flexibility index (Phi) is 4.67. The first-order valence-corrected chi connectivity index (χ1v) is 8.29. The van der Waals surface area contributed by atoms with Crippen molar-refractivity contribution in [2.24, 2.45) is 0 Å². The van der Waals surface area contributed by atoms with E-state index in [4.69, 9.17) is 0 Å². The van der Waals surface area contributed by atoms with Gasteiger partial charge in [0.15, 0.2) is 5.13 Å². The lowest BCUT2D eigenvalue weighted by molar-refractivity contribution is 0.250. The van der Waals surface area contributed by atoms with Crippen LogP contribution >= 0.6 is 11.3 Å². The van der Waals surface area contributed by atoms with E-state index in [1.807, 2.05) is 23.8 Å². The van der Waals surface area contributed by atoms with Gasteiger partial charge in [0.25, 0.3) is 0 Å². The van der Waals surface area contributed by atoms with Crippen LogP contribution in [0.1, 0.15) is 12.5 Å². The average molecular weight is 303 g/mol. The first-order chi connectivity index (χ1) is 10.4. The molecule has 0 unspecified atom stereocenters. The molecule has 1 aliphatic heterocycles. The molecule has 0 saturated carbocycles. The molecule has 0 aromatic carbocycles. The molecule has 0 bridgehead atoms. The molecule has 3 rings (SSSR count). The van der Waals surface area contributed by atoms with Crippen molar-refractivity contribution in [1.82, 2.24) is 14.9 Å². The number of nitrogens with zero attached hydrogens (tertiary/aromatic N) is 4. The van der Waals surface area contributed by atoms with Crippen LogP contribution in [0.3, 0.4) is 0 Å².